The summed E-state index contributed by atoms with van der Waals surface area (Å²) in [6.07, 6.45) is 0. The molecule has 1 nitrogen and oxygen atoms in total. The van der Waals surface area contributed by atoms with Gasteiger partial charge in [-0.1, -0.05) is 52.2 Å². The minimum Gasteiger partial charge on any atom is -0.309 e. The minimum absolute atomic E-state index is 0.110. The first kappa shape index (κ1) is 4.74. The van der Waals surface area contributed by atoms with Crippen molar-refractivity contribution < 1.29 is 16.4 Å². The smallest absolute Gasteiger partial charge is 0.0645 e. The lowest BCUT2D eigenvalue weighted by molar-refractivity contribution is 1.18. The van der Waals surface area contributed by atoms with Gasteiger partial charge in [-0.25, -0.2) is 0 Å². The number of benzene rings is 3. The predicted octanol–water partition coefficient (Wildman–Crippen LogP) is 5.55. The van der Waals surface area contributed by atoms with E-state index in [4.69, 9.17) is 16.4 Å². The summed E-state index contributed by atoms with van der Waals surface area (Å²) in [5.41, 5.74) is -0.916. The van der Waals surface area contributed by atoms with Crippen LogP contribution in [0, 0.1) is 0 Å². The SMILES string of the molecule is [2H]c1c([2H])c(-n2c3c([2H])c([2H])c([2H])c([2H])c3c3c([2H])c([2H])c([2H])c([2H])c32)c([2H])c([2H])c1Br. The molecular formula is C18H12BrN. The Morgan fingerprint density at radius 2 is 1.20 bits per heavy atom. The van der Waals surface area contributed by atoms with Gasteiger partial charge in [-0.3, -0.25) is 0 Å². The van der Waals surface area contributed by atoms with Gasteiger partial charge >= 0.3 is 0 Å². The molecule has 0 aliphatic heterocycles. The van der Waals surface area contributed by atoms with Crippen molar-refractivity contribution in [1.29, 1.82) is 0 Å². The fraction of sp³-hybridized carbons (Fsp3) is 0. The van der Waals surface area contributed by atoms with Crippen molar-refractivity contribution in [3.05, 3.63) is 77.0 Å². The van der Waals surface area contributed by atoms with Crippen LogP contribution in [-0.2, 0) is 0 Å². The van der Waals surface area contributed by atoms with Gasteiger partial charge in [0.1, 0.15) is 0 Å². The third-order valence-electron chi connectivity index (χ3n) is 2.84. The van der Waals surface area contributed by atoms with Crippen LogP contribution in [0.2, 0.25) is 0 Å². The summed E-state index contributed by atoms with van der Waals surface area (Å²) < 4.78 is 99.7. The van der Waals surface area contributed by atoms with E-state index in [2.05, 4.69) is 15.9 Å². The molecule has 4 rings (SSSR count). The summed E-state index contributed by atoms with van der Waals surface area (Å²) in [5.74, 6) is 0. The molecule has 4 aromatic rings. The quantitative estimate of drug-likeness (QED) is 0.430. The highest BCUT2D eigenvalue weighted by Gasteiger charge is 2.10. The zero-order valence-electron chi connectivity index (χ0n) is 21.8. The number of aromatic nitrogens is 1. The molecule has 0 N–H and O–H groups in total. The number of hydrogen-bond donors (Lipinski definition) is 0. The first-order chi connectivity index (χ1) is 14.8. The van der Waals surface area contributed by atoms with Crippen molar-refractivity contribution in [2.45, 2.75) is 0 Å². The molecule has 0 aliphatic carbocycles. The first-order valence-corrected chi connectivity index (χ1v) is 6.40. The lowest BCUT2D eigenvalue weighted by atomic mass is 10.2. The molecule has 0 fully saturated rings. The standard InChI is InChI=1S/C18H12BrN/c19-13-9-11-14(12-10-13)20-17-7-3-1-5-15(17)16-6-2-4-8-18(16)20/h1-12H/i1D,2D,3D,4D,5D,6D,7D,8D,9D,10D,11D,12D. The number of fused-ring (bicyclic) bond motifs is 3. The number of rotatable bonds is 1. The maximum atomic E-state index is 8.43. The van der Waals surface area contributed by atoms with Gasteiger partial charge in [0.15, 0.2) is 0 Å². The van der Waals surface area contributed by atoms with E-state index in [0.717, 1.165) is 4.57 Å². The van der Waals surface area contributed by atoms with Gasteiger partial charge in [0, 0.05) is 20.9 Å². The molecule has 0 unspecified atom stereocenters. The number of halogens is 1. The van der Waals surface area contributed by atoms with Crippen LogP contribution in [0.3, 0.4) is 0 Å². The molecule has 20 heavy (non-hydrogen) atoms. The molecule has 0 aliphatic rings. The fourth-order valence-corrected chi connectivity index (χ4v) is 2.25. The molecule has 3 aromatic carbocycles. The molecule has 2 heteroatoms. The van der Waals surface area contributed by atoms with E-state index in [1.807, 2.05) is 0 Å². The van der Waals surface area contributed by atoms with Crippen LogP contribution in [0.15, 0.2) is 77.0 Å². The molecular weight excluding hydrogens is 310 g/mol. The van der Waals surface area contributed by atoms with E-state index >= 15 is 0 Å². The second kappa shape index (κ2) is 4.50. The van der Waals surface area contributed by atoms with E-state index in [0.29, 0.717) is 0 Å². The van der Waals surface area contributed by atoms with Gasteiger partial charge in [0.2, 0.25) is 0 Å². The topological polar surface area (TPSA) is 4.93 Å². The summed E-state index contributed by atoms with van der Waals surface area (Å²) >= 11 is 3.00. The zero-order chi connectivity index (χ0) is 24.0. The summed E-state index contributed by atoms with van der Waals surface area (Å²) in [7, 11) is 0. The van der Waals surface area contributed by atoms with Gasteiger partial charge in [-0.05, 0) is 36.3 Å². The summed E-state index contributed by atoms with van der Waals surface area (Å²) in [5, 5.41) is -0.393. The maximum Gasteiger partial charge on any atom is 0.0645 e. The third kappa shape index (κ3) is 1.69. The second-order valence-electron chi connectivity index (χ2n) is 3.95. The Morgan fingerprint density at radius 1 is 0.700 bits per heavy atom. The lowest BCUT2D eigenvalue weighted by Crippen LogP contribution is -1.92. The predicted molar refractivity (Wildman–Crippen MR) is 88.5 cm³/mol. The normalized spacial score (nSPS) is 19.6. The van der Waals surface area contributed by atoms with Crippen molar-refractivity contribution in [2.24, 2.45) is 0 Å². The number of nitrogens with zero attached hydrogens (tertiary/aromatic N) is 1. The average molecular weight is 334 g/mol. The summed E-state index contributed by atoms with van der Waals surface area (Å²) in [4.78, 5) is 0. The Labute approximate surface area is 142 Å². The largest absolute Gasteiger partial charge is 0.309 e. The Balaban J connectivity index is 2.50. The first-order valence-electron chi connectivity index (χ1n) is 11.6. The molecule has 1 heterocycles. The molecule has 0 saturated heterocycles. The Bertz CT molecular complexity index is 1400. The highest BCUT2D eigenvalue weighted by Crippen LogP contribution is 2.31. The number of para-hydroxylation sites is 2. The fourth-order valence-electron chi connectivity index (χ4n) is 2.05. The Morgan fingerprint density at radius 3 is 1.75 bits per heavy atom. The summed E-state index contributed by atoms with van der Waals surface area (Å²) in [6, 6.07) is -6.69. The number of hydrogen-bond acceptors (Lipinski definition) is 0. The molecule has 96 valence electrons. The van der Waals surface area contributed by atoms with Gasteiger partial charge in [0.05, 0.1) is 27.5 Å². The Kier molecular flexibility index (Phi) is 1.07. The maximum absolute atomic E-state index is 8.43. The van der Waals surface area contributed by atoms with E-state index in [9.17, 15) is 0 Å². The highest BCUT2D eigenvalue weighted by atomic mass is 79.9. The zero-order valence-corrected chi connectivity index (χ0v) is 11.4. The highest BCUT2D eigenvalue weighted by molar-refractivity contribution is 9.10. The molecule has 0 radical (unpaired) electrons. The van der Waals surface area contributed by atoms with Gasteiger partial charge in [-0.2, -0.15) is 0 Å². The Hall–Kier alpha value is -2.06. The van der Waals surface area contributed by atoms with Crippen molar-refractivity contribution in [2.75, 3.05) is 0 Å². The summed E-state index contributed by atoms with van der Waals surface area (Å²) in [6.45, 7) is 0. The van der Waals surface area contributed by atoms with E-state index < -0.39 is 78.2 Å². The van der Waals surface area contributed by atoms with E-state index in [1.165, 1.54) is 0 Å². The molecule has 0 bridgehead atoms. The molecule has 0 atom stereocenters. The van der Waals surface area contributed by atoms with Crippen molar-refractivity contribution in [1.82, 2.24) is 4.57 Å². The molecule has 0 amide bonds. The van der Waals surface area contributed by atoms with Crippen LogP contribution in [0.25, 0.3) is 27.5 Å². The van der Waals surface area contributed by atoms with Crippen molar-refractivity contribution >= 4 is 37.7 Å². The van der Waals surface area contributed by atoms with Crippen LogP contribution in [0.1, 0.15) is 16.4 Å². The van der Waals surface area contributed by atoms with E-state index in [-0.39, 0.29) is 26.3 Å². The van der Waals surface area contributed by atoms with Crippen LogP contribution < -0.4 is 0 Å². The third-order valence-corrected chi connectivity index (χ3v) is 3.23. The van der Waals surface area contributed by atoms with Gasteiger partial charge < -0.3 is 4.57 Å². The monoisotopic (exact) mass is 333 g/mol. The second-order valence-corrected chi connectivity index (χ2v) is 4.74. The van der Waals surface area contributed by atoms with Gasteiger partial charge in [-0.15, -0.1) is 0 Å². The van der Waals surface area contributed by atoms with Crippen molar-refractivity contribution in [3.63, 3.8) is 0 Å². The van der Waals surface area contributed by atoms with Crippen molar-refractivity contribution in [3.8, 4) is 5.69 Å². The van der Waals surface area contributed by atoms with Crippen LogP contribution >= 0.6 is 15.9 Å². The van der Waals surface area contributed by atoms with E-state index in [1.54, 1.807) is 0 Å². The average Bonchev–Trinajstić information content (AvgIpc) is 3.12. The van der Waals surface area contributed by atoms with Crippen LogP contribution in [-0.4, -0.2) is 4.57 Å². The van der Waals surface area contributed by atoms with Gasteiger partial charge in [0.25, 0.3) is 0 Å². The lowest BCUT2D eigenvalue weighted by Gasteiger charge is -2.07. The molecule has 0 saturated carbocycles. The van der Waals surface area contributed by atoms with Crippen LogP contribution in [0.4, 0.5) is 0 Å². The molecule has 0 spiro atoms. The van der Waals surface area contributed by atoms with Crippen LogP contribution in [0.5, 0.6) is 0 Å². The molecule has 1 aromatic heterocycles. The minimum atomic E-state index is -0.630.